The first-order valence-corrected chi connectivity index (χ1v) is 7.20. The van der Waals surface area contributed by atoms with E-state index in [0.29, 0.717) is 17.1 Å². The van der Waals surface area contributed by atoms with Gasteiger partial charge in [0.1, 0.15) is 16.8 Å². The van der Waals surface area contributed by atoms with Gasteiger partial charge in [-0.15, -0.1) is 0 Å². The van der Waals surface area contributed by atoms with Gasteiger partial charge in [-0.2, -0.15) is 0 Å². The van der Waals surface area contributed by atoms with Crippen LogP contribution in [0, 0.1) is 12.8 Å². The smallest absolute Gasteiger partial charge is 0.137 e. The predicted octanol–water partition coefficient (Wildman–Crippen LogP) is 3.63. The Labute approximate surface area is 115 Å². The minimum atomic E-state index is 0.603. The molecule has 1 aromatic heterocycles. The Hall–Kier alpha value is -0.830. The van der Waals surface area contributed by atoms with E-state index >= 15 is 0 Å². The lowest BCUT2D eigenvalue weighted by molar-refractivity contribution is 0.600. The van der Waals surface area contributed by atoms with E-state index in [0.717, 1.165) is 30.2 Å². The van der Waals surface area contributed by atoms with Gasteiger partial charge in [-0.1, -0.05) is 32.4 Å². The summed E-state index contributed by atoms with van der Waals surface area (Å²) in [6.07, 6.45) is 3.37. The second-order valence-electron chi connectivity index (χ2n) is 5.51. The van der Waals surface area contributed by atoms with Crippen LogP contribution >= 0.6 is 11.6 Å². The van der Waals surface area contributed by atoms with Crippen LogP contribution in [0.2, 0.25) is 5.15 Å². The summed E-state index contributed by atoms with van der Waals surface area (Å²) in [6.45, 7) is 9.62. The predicted molar refractivity (Wildman–Crippen MR) is 76.4 cm³/mol. The highest BCUT2D eigenvalue weighted by Gasteiger charge is 2.31. The van der Waals surface area contributed by atoms with E-state index in [-0.39, 0.29) is 0 Å². The monoisotopic (exact) mass is 267 g/mol. The van der Waals surface area contributed by atoms with Crippen molar-refractivity contribution in [1.29, 1.82) is 0 Å². The molecule has 1 fully saturated rings. The summed E-state index contributed by atoms with van der Waals surface area (Å²) in [7, 11) is 0. The number of rotatable bonds is 5. The van der Waals surface area contributed by atoms with Crippen molar-refractivity contribution in [2.24, 2.45) is 5.92 Å². The molecule has 0 spiro atoms. The summed E-state index contributed by atoms with van der Waals surface area (Å²) in [5.41, 5.74) is 1.02. The van der Waals surface area contributed by atoms with Gasteiger partial charge in [0.05, 0.1) is 0 Å². The molecule has 0 amide bonds. The molecule has 1 aliphatic carbocycles. The summed E-state index contributed by atoms with van der Waals surface area (Å²) in [4.78, 5) is 11.4. The van der Waals surface area contributed by atoms with Crippen molar-refractivity contribution in [3.8, 4) is 0 Å². The third-order valence-electron chi connectivity index (χ3n) is 3.24. The van der Waals surface area contributed by atoms with Gasteiger partial charge in [0.25, 0.3) is 0 Å². The van der Waals surface area contributed by atoms with Crippen LogP contribution in [0.3, 0.4) is 0 Å². The van der Waals surface area contributed by atoms with Crippen molar-refractivity contribution < 1.29 is 0 Å². The Morgan fingerprint density at radius 3 is 2.50 bits per heavy atom. The maximum absolute atomic E-state index is 6.23. The summed E-state index contributed by atoms with van der Waals surface area (Å²) in [5.74, 6) is 2.52. The lowest BCUT2D eigenvalue weighted by atomic mass is 10.2. The van der Waals surface area contributed by atoms with Crippen LogP contribution in [0.25, 0.3) is 0 Å². The van der Waals surface area contributed by atoms with Crippen molar-refractivity contribution in [1.82, 2.24) is 9.97 Å². The molecular weight excluding hydrogens is 246 g/mol. The largest absolute Gasteiger partial charge is 0.353 e. The summed E-state index contributed by atoms with van der Waals surface area (Å²) in [5, 5.41) is 0.603. The second kappa shape index (κ2) is 5.43. The van der Waals surface area contributed by atoms with Crippen LogP contribution in [0.1, 0.15) is 45.0 Å². The van der Waals surface area contributed by atoms with Crippen LogP contribution in [0.5, 0.6) is 0 Å². The molecule has 1 aromatic rings. The minimum Gasteiger partial charge on any atom is -0.353 e. The number of hydrogen-bond acceptors (Lipinski definition) is 3. The normalized spacial score (nSPS) is 15.2. The van der Waals surface area contributed by atoms with E-state index in [2.05, 4.69) is 30.7 Å². The molecule has 1 saturated carbocycles. The van der Waals surface area contributed by atoms with Crippen LogP contribution in [0.4, 0.5) is 5.82 Å². The van der Waals surface area contributed by atoms with Crippen LogP contribution < -0.4 is 4.90 Å². The average Bonchev–Trinajstić information content (AvgIpc) is 3.13. The van der Waals surface area contributed by atoms with Gasteiger partial charge >= 0.3 is 0 Å². The molecule has 0 radical (unpaired) electrons. The van der Waals surface area contributed by atoms with Gasteiger partial charge in [-0.05, 0) is 25.7 Å². The first kappa shape index (κ1) is 13.6. The lowest BCUT2D eigenvalue weighted by Gasteiger charge is -2.27. The third-order valence-corrected chi connectivity index (χ3v) is 3.61. The van der Waals surface area contributed by atoms with Gasteiger partial charge in [-0.25, -0.2) is 9.97 Å². The van der Waals surface area contributed by atoms with Crippen molar-refractivity contribution in [2.45, 2.75) is 53.0 Å². The quantitative estimate of drug-likeness (QED) is 0.763. The highest BCUT2D eigenvalue weighted by atomic mass is 35.5. The van der Waals surface area contributed by atoms with Crippen LogP contribution in [0.15, 0.2) is 0 Å². The first-order chi connectivity index (χ1) is 8.52. The summed E-state index contributed by atoms with van der Waals surface area (Å²) < 4.78 is 0. The molecule has 18 heavy (non-hydrogen) atoms. The molecule has 1 heterocycles. The zero-order chi connectivity index (χ0) is 13.3. The molecule has 4 heteroatoms. The Balaban J connectivity index is 2.36. The van der Waals surface area contributed by atoms with Crippen LogP contribution in [-0.2, 0) is 6.42 Å². The van der Waals surface area contributed by atoms with E-state index in [1.165, 1.54) is 12.8 Å². The fourth-order valence-electron chi connectivity index (χ4n) is 2.15. The summed E-state index contributed by atoms with van der Waals surface area (Å²) >= 11 is 6.23. The molecule has 0 bridgehead atoms. The van der Waals surface area contributed by atoms with Crippen molar-refractivity contribution in [3.63, 3.8) is 0 Å². The van der Waals surface area contributed by atoms with Gasteiger partial charge < -0.3 is 4.90 Å². The van der Waals surface area contributed by atoms with E-state index < -0.39 is 0 Å². The highest BCUT2D eigenvalue weighted by molar-refractivity contribution is 6.30. The molecule has 0 unspecified atom stereocenters. The number of anilines is 1. The molecule has 0 atom stereocenters. The topological polar surface area (TPSA) is 29.0 Å². The molecule has 0 N–H and O–H groups in total. The third kappa shape index (κ3) is 2.94. The molecule has 2 rings (SSSR count). The van der Waals surface area contributed by atoms with Crippen LogP contribution in [-0.4, -0.2) is 22.6 Å². The zero-order valence-electron chi connectivity index (χ0n) is 11.7. The lowest BCUT2D eigenvalue weighted by Crippen LogP contribution is -2.31. The van der Waals surface area contributed by atoms with E-state index in [1.807, 2.05) is 6.92 Å². The molecule has 0 saturated heterocycles. The maximum Gasteiger partial charge on any atom is 0.137 e. The zero-order valence-corrected chi connectivity index (χ0v) is 12.5. The van der Waals surface area contributed by atoms with Gasteiger partial charge in [0.2, 0.25) is 0 Å². The highest BCUT2D eigenvalue weighted by Crippen LogP contribution is 2.34. The molecular formula is C14H22ClN3. The van der Waals surface area contributed by atoms with Gasteiger partial charge in [-0.3, -0.25) is 0 Å². The van der Waals surface area contributed by atoms with E-state index in [9.17, 15) is 0 Å². The molecule has 0 aliphatic heterocycles. The SMILES string of the molecule is CCc1nc(Cl)c(C)c(N(CC(C)C)C2CC2)n1. The average molecular weight is 268 g/mol. The fraction of sp³-hybridized carbons (Fsp3) is 0.714. The van der Waals surface area contributed by atoms with Crippen molar-refractivity contribution >= 4 is 17.4 Å². The van der Waals surface area contributed by atoms with Gasteiger partial charge in [0, 0.05) is 24.6 Å². The number of nitrogens with zero attached hydrogens (tertiary/aromatic N) is 3. The Bertz CT molecular complexity index is 427. The Morgan fingerprint density at radius 1 is 1.33 bits per heavy atom. The van der Waals surface area contributed by atoms with Gasteiger partial charge in [0.15, 0.2) is 0 Å². The van der Waals surface area contributed by atoms with E-state index in [4.69, 9.17) is 16.6 Å². The Morgan fingerprint density at radius 2 is 2.00 bits per heavy atom. The number of aromatic nitrogens is 2. The number of aryl methyl sites for hydroxylation is 1. The molecule has 0 aromatic carbocycles. The number of hydrogen-bond donors (Lipinski definition) is 0. The summed E-state index contributed by atoms with van der Waals surface area (Å²) in [6, 6.07) is 0.654. The minimum absolute atomic E-state index is 0.603. The Kier molecular flexibility index (Phi) is 4.10. The number of halogens is 1. The standard InChI is InChI=1S/C14H22ClN3/c1-5-12-16-13(15)10(4)14(17-12)18(8-9(2)3)11-6-7-11/h9,11H,5-8H2,1-4H3. The molecule has 3 nitrogen and oxygen atoms in total. The maximum atomic E-state index is 6.23. The molecule has 100 valence electrons. The van der Waals surface area contributed by atoms with Crippen molar-refractivity contribution in [2.75, 3.05) is 11.4 Å². The van der Waals surface area contributed by atoms with Crippen molar-refractivity contribution in [3.05, 3.63) is 16.5 Å². The molecule has 1 aliphatic rings. The van der Waals surface area contributed by atoms with E-state index in [1.54, 1.807) is 0 Å². The first-order valence-electron chi connectivity index (χ1n) is 6.82. The second-order valence-corrected chi connectivity index (χ2v) is 5.87. The fourth-order valence-corrected chi connectivity index (χ4v) is 2.33.